The topological polar surface area (TPSA) is 0 Å². The molecular formula is C14H22F2. The summed E-state index contributed by atoms with van der Waals surface area (Å²) in [7, 11) is 0. The molecule has 3 rings (SSSR count). The molecule has 0 radical (unpaired) electrons. The largest absolute Gasteiger partial charge is 0.248 e. The van der Waals surface area contributed by atoms with Crippen LogP contribution < -0.4 is 0 Å². The molecule has 0 bridgehead atoms. The molecule has 1 unspecified atom stereocenters. The molecule has 0 aliphatic heterocycles. The van der Waals surface area contributed by atoms with Crippen molar-refractivity contribution in [1.82, 2.24) is 0 Å². The maximum atomic E-state index is 13.1. The van der Waals surface area contributed by atoms with Gasteiger partial charge in [-0.3, -0.25) is 0 Å². The normalized spacial score (nSPS) is 43.5. The summed E-state index contributed by atoms with van der Waals surface area (Å²) >= 11 is 0. The highest BCUT2D eigenvalue weighted by atomic mass is 19.3. The zero-order valence-electron chi connectivity index (χ0n) is 9.93. The van der Waals surface area contributed by atoms with Crippen LogP contribution in [0.15, 0.2) is 0 Å². The standard InChI is InChI=1S/C14H22F2/c15-14(16)6-4-10(5-7-14)13-8-11-2-1-3-12(11)9-13/h10-13H,1-9H2/t11-,12+,13?. The highest BCUT2D eigenvalue weighted by molar-refractivity contribution is 4.92. The summed E-state index contributed by atoms with van der Waals surface area (Å²) in [6.07, 6.45) is 8.88. The Kier molecular flexibility index (Phi) is 2.72. The molecule has 92 valence electrons. The van der Waals surface area contributed by atoms with Gasteiger partial charge in [0.1, 0.15) is 0 Å². The molecule has 16 heavy (non-hydrogen) atoms. The van der Waals surface area contributed by atoms with Crippen molar-refractivity contribution in [3.05, 3.63) is 0 Å². The summed E-state index contributed by atoms with van der Waals surface area (Å²) in [5.41, 5.74) is 0. The van der Waals surface area contributed by atoms with Crippen LogP contribution in [0.5, 0.6) is 0 Å². The van der Waals surface area contributed by atoms with Gasteiger partial charge in [0, 0.05) is 12.8 Å². The second-order valence-corrected chi connectivity index (χ2v) is 6.38. The number of halogens is 2. The fourth-order valence-corrected chi connectivity index (χ4v) is 4.53. The number of rotatable bonds is 1. The third-order valence-corrected chi connectivity index (χ3v) is 5.46. The van der Waals surface area contributed by atoms with Gasteiger partial charge in [0.2, 0.25) is 5.92 Å². The fraction of sp³-hybridized carbons (Fsp3) is 1.00. The van der Waals surface area contributed by atoms with Crippen LogP contribution in [0.2, 0.25) is 0 Å². The fourth-order valence-electron chi connectivity index (χ4n) is 4.53. The predicted molar refractivity (Wildman–Crippen MR) is 60.5 cm³/mol. The van der Waals surface area contributed by atoms with Crippen molar-refractivity contribution >= 4 is 0 Å². The molecule has 0 N–H and O–H groups in total. The van der Waals surface area contributed by atoms with Crippen LogP contribution in [0.4, 0.5) is 8.78 Å². The third-order valence-electron chi connectivity index (χ3n) is 5.46. The molecule has 3 atom stereocenters. The smallest absolute Gasteiger partial charge is 0.207 e. The Labute approximate surface area is 96.8 Å². The maximum absolute atomic E-state index is 13.1. The molecule has 0 heterocycles. The van der Waals surface area contributed by atoms with E-state index < -0.39 is 5.92 Å². The molecule has 0 nitrogen and oxygen atoms in total. The van der Waals surface area contributed by atoms with Crippen LogP contribution in [0.1, 0.15) is 57.8 Å². The van der Waals surface area contributed by atoms with Crippen molar-refractivity contribution in [2.45, 2.75) is 63.7 Å². The number of fused-ring (bicyclic) bond motifs is 1. The van der Waals surface area contributed by atoms with E-state index in [1.807, 2.05) is 0 Å². The summed E-state index contributed by atoms with van der Waals surface area (Å²) < 4.78 is 26.2. The molecule has 0 aromatic rings. The Balaban J connectivity index is 1.56. The SMILES string of the molecule is FC1(F)CCC(C2C[C@H]3CCC[C@H]3C2)CC1. The summed E-state index contributed by atoms with van der Waals surface area (Å²) in [5.74, 6) is 1.02. The lowest BCUT2D eigenvalue weighted by Crippen LogP contribution is -2.27. The first-order valence-corrected chi connectivity index (χ1v) is 7.02. The molecular weight excluding hydrogens is 206 g/mol. The lowest BCUT2D eigenvalue weighted by Gasteiger charge is -2.32. The highest BCUT2D eigenvalue weighted by Gasteiger charge is 2.43. The first-order valence-electron chi connectivity index (χ1n) is 7.02. The summed E-state index contributed by atoms with van der Waals surface area (Å²) in [5, 5.41) is 0. The first-order chi connectivity index (χ1) is 7.64. The lowest BCUT2D eigenvalue weighted by atomic mass is 9.77. The van der Waals surface area contributed by atoms with Gasteiger partial charge in [-0.05, 0) is 49.4 Å². The van der Waals surface area contributed by atoms with Gasteiger partial charge in [0.15, 0.2) is 0 Å². The van der Waals surface area contributed by atoms with E-state index >= 15 is 0 Å². The van der Waals surface area contributed by atoms with Gasteiger partial charge < -0.3 is 0 Å². The van der Waals surface area contributed by atoms with Crippen molar-refractivity contribution in [1.29, 1.82) is 0 Å². The average molecular weight is 228 g/mol. The predicted octanol–water partition coefficient (Wildman–Crippen LogP) is 4.64. The molecule has 3 aliphatic carbocycles. The molecule has 2 heteroatoms. The Morgan fingerprint density at radius 3 is 1.81 bits per heavy atom. The van der Waals surface area contributed by atoms with Crippen LogP contribution in [0.25, 0.3) is 0 Å². The highest BCUT2D eigenvalue weighted by Crippen LogP contribution is 2.52. The minimum Gasteiger partial charge on any atom is -0.207 e. The van der Waals surface area contributed by atoms with E-state index in [9.17, 15) is 8.78 Å². The maximum Gasteiger partial charge on any atom is 0.248 e. The number of hydrogen-bond acceptors (Lipinski definition) is 0. The van der Waals surface area contributed by atoms with Crippen LogP contribution in [-0.2, 0) is 0 Å². The lowest BCUT2D eigenvalue weighted by molar-refractivity contribution is -0.0523. The molecule has 3 fully saturated rings. The summed E-state index contributed by atoms with van der Waals surface area (Å²) in [6.45, 7) is 0. The molecule has 0 aromatic carbocycles. The molecule has 0 saturated heterocycles. The van der Waals surface area contributed by atoms with Gasteiger partial charge in [0.05, 0.1) is 0 Å². The van der Waals surface area contributed by atoms with E-state index in [0.717, 1.165) is 30.6 Å². The van der Waals surface area contributed by atoms with E-state index in [-0.39, 0.29) is 12.8 Å². The van der Waals surface area contributed by atoms with Crippen LogP contribution in [0.3, 0.4) is 0 Å². The zero-order valence-corrected chi connectivity index (χ0v) is 9.93. The third kappa shape index (κ3) is 2.00. The first kappa shape index (κ1) is 11.0. The summed E-state index contributed by atoms with van der Waals surface area (Å²) in [6, 6.07) is 0. The monoisotopic (exact) mass is 228 g/mol. The molecule has 3 saturated carbocycles. The minimum absolute atomic E-state index is 0.156. The van der Waals surface area contributed by atoms with E-state index in [0.29, 0.717) is 5.92 Å². The molecule has 0 amide bonds. The van der Waals surface area contributed by atoms with Gasteiger partial charge in [-0.25, -0.2) is 8.78 Å². The van der Waals surface area contributed by atoms with E-state index in [1.54, 1.807) is 0 Å². The Morgan fingerprint density at radius 2 is 1.25 bits per heavy atom. The number of hydrogen-bond donors (Lipinski definition) is 0. The second kappa shape index (κ2) is 3.96. The number of alkyl halides is 2. The summed E-state index contributed by atoms with van der Waals surface area (Å²) in [4.78, 5) is 0. The van der Waals surface area contributed by atoms with Gasteiger partial charge in [-0.1, -0.05) is 19.3 Å². The Bertz CT molecular complexity index is 239. The minimum atomic E-state index is -2.34. The zero-order chi connectivity index (χ0) is 11.2. The van der Waals surface area contributed by atoms with E-state index in [1.165, 1.54) is 32.1 Å². The van der Waals surface area contributed by atoms with Crippen LogP contribution >= 0.6 is 0 Å². The molecule has 0 spiro atoms. The van der Waals surface area contributed by atoms with Gasteiger partial charge in [0.25, 0.3) is 0 Å². The van der Waals surface area contributed by atoms with Crippen LogP contribution in [-0.4, -0.2) is 5.92 Å². The van der Waals surface area contributed by atoms with Crippen LogP contribution in [0, 0.1) is 23.7 Å². The molecule has 3 aliphatic rings. The Morgan fingerprint density at radius 1 is 0.688 bits per heavy atom. The average Bonchev–Trinajstić information content (AvgIpc) is 2.77. The van der Waals surface area contributed by atoms with Crippen molar-refractivity contribution in [2.75, 3.05) is 0 Å². The van der Waals surface area contributed by atoms with E-state index in [2.05, 4.69) is 0 Å². The quantitative estimate of drug-likeness (QED) is 0.613. The second-order valence-electron chi connectivity index (χ2n) is 6.38. The van der Waals surface area contributed by atoms with Gasteiger partial charge in [-0.2, -0.15) is 0 Å². The van der Waals surface area contributed by atoms with Crippen molar-refractivity contribution in [3.8, 4) is 0 Å². The van der Waals surface area contributed by atoms with Crippen molar-refractivity contribution in [3.63, 3.8) is 0 Å². The van der Waals surface area contributed by atoms with Crippen molar-refractivity contribution < 1.29 is 8.78 Å². The van der Waals surface area contributed by atoms with Crippen molar-refractivity contribution in [2.24, 2.45) is 23.7 Å². The van der Waals surface area contributed by atoms with Gasteiger partial charge >= 0.3 is 0 Å². The Hall–Kier alpha value is -0.140. The molecule has 0 aromatic heterocycles. The van der Waals surface area contributed by atoms with Gasteiger partial charge in [-0.15, -0.1) is 0 Å². The van der Waals surface area contributed by atoms with E-state index in [4.69, 9.17) is 0 Å².